The van der Waals surface area contributed by atoms with Gasteiger partial charge >= 0.3 is 0 Å². The molecule has 2 N–H and O–H groups in total. The van der Waals surface area contributed by atoms with Crippen molar-refractivity contribution in [2.75, 3.05) is 13.1 Å². The van der Waals surface area contributed by atoms with Crippen molar-refractivity contribution < 1.29 is 4.79 Å². The minimum absolute atomic E-state index is 0. The predicted molar refractivity (Wildman–Crippen MR) is 89.1 cm³/mol. The van der Waals surface area contributed by atoms with Gasteiger partial charge in [-0.1, -0.05) is 37.3 Å². The van der Waals surface area contributed by atoms with E-state index in [0.717, 1.165) is 30.5 Å². The average Bonchev–Trinajstić information content (AvgIpc) is 2.49. The molecule has 2 aromatic rings. The fourth-order valence-electron chi connectivity index (χ4n) is 2.81. The van der Waals surface area contributed by atoms with Crippen LogP contribution in [-0.4, -0.2) is 25.0 Å². The van der Waals surface area contributed by atoms with Crippen LogP contribution in [0.3, 0.4) is 0 Å². The van der Waals surface area contributed by atoms with E-state index in [1.54, 1.807) is 0 Å². The van der Waals surface area contributed by atoms with Crippen LogP contribution in [0.15, 0.2) is 42.5 Å². The Hall–Kier alpha value is -1.58. The first-order valence-electron chi connectivity index (χ1n) is 7.24. The number of rotatable bonds is 2. The molecule has 1 aliphatic heterocycles. The molecule has 2 atom stereocenters. The minimum Gasteiger partial charge on any atom is -0.349 e. The van der Waals surface area contributed by atoms with Crippen molar-refractivity contribution in [1.82, 2.24) is 10.6 Å². The summed E-state index contributed by atoms with van der Waals surface area (Å²) in [6.07, 6.45) is 1.00. The molecule has 0 bridgehead atoms. The lowest BCUT2D eigenvalue weighted by atomic mass is 9.95. The Kier molecular flexibility index (Phi) is 5.21. The van der Waals surface area contributed by atoms with Gasteiger partial charge in [0.2, 0.25) is 0 Å². The predicted octanol–water partition coefficient (Wildman–Crippen LogP) is 2.99. The third-order valence-electron chi connectivity index (χ3n) is 4.11. The zero-order valence-electron chi connectivity index (χ0n) is 12.1. The molecule has 2 unspecified atom stereocenters. The van der Waals surface area contributed by atoms with E-state index >= 15 is 0 Å². The maximum Gasteiger partial charge on any atom is 0.251 e. The summed E-state index contributed by atoms with van der Waals surface area (Å²) in [5.41, 5.74) is 0.745. The Bertz CT molecular complexity index is 629. The molecule has 0 aliphatic carbocycles. The van der Waals surface area contributed by atoms with Crippen molar-refractivity contribution in [1.29, 1.82) is 0 Å². The van der Waals surface area contributed by atoms with E-state index in [1.807, 2.05) is 36.4 Å². The highest BCUT2D eigenvalue weighted by molar-refractivity contribution is 5.98. The molecule has 1 fully saturated rings. The molecule has 1 aliphatic rings. The molecule has 0 saturated carbocycles. The van der Waals surface area contributed by atoms with Gasteiger partial charge in [-0.25, -0.2) is 0 Å². The van der Waals surface area contributed by atoms with E-state index in [4.69, 9.17) is 0 Å². The molecule has 2 aromatic carbocycles. The summed E-state index contributed by atoms with van der Waals surface area (Å²) in [7, 11) is 0. The summed E-state index contributed by atoms with van der Waals surface area (Å²) >= 11 is 0. The van der Waals surface area contributed by atoms with Crippen LogP contribution < -0.4 is 10.6 Å². The Labute approximate surface area is 131 Å². The third-order valence-corrected chi connectivity index (χ3v) is 4.11. The first-order valence-corrected chi connectivity index (χ1v) is 7.24. The molecule has 0 radical (unpaired) electrons. The molecule has 0 aromatic heterocycles. The SMILES string of the molecule is CC1CNCCC1NC(=O)c1ccc2ccccc2c1.Cl. The van der Waals surface area contributed by atoms with E-state index in [1.165, 1.54) is 5.39 Å². The summed E-state index contributed by atoms with van der Waals surface area (Å²) in [5.74, 6) is 0.516. The van der Waals surface area contributed by atoms with Gasteiger partial charge in [0.15, 0.2) is 0 Å². The van der Waals surface area contributed by atoms with Crippen LogP contribution in [0, 0.1) is 5.92 Å². The highest BCUT2D eigenvalue weighted by Crippen LogP contribution is 2.17. The van der Waals surface area contributed by atoms with Crippen LogP contribution in [0.1, 0.15) is 23.7 Å². The van der Waals surface area contributed by atoms with Crippen LogP contribution in [0.4, 0.5) is 0 Å². The molecule has 112 valence electrons. The molecular weight excluding hydrogens is 284 g/mol. The van der Waals surface area contributed by atoms with Gasteiger partial charge in [-0.05, 0) is 48.3 Å². The Balaban J connectivity index is 0.00000161. The number of carbonyl (C=O) groups excluding carboxylic acids is 1. The van der Waals surface area contributed by atoms with Crippen LogP contribution in [0.5, 0.6) is 0 Å². The van der Waals surface area contributed by atoms with Gasteiger partial charge in [0.25, 0.3) is 5.91 Å². The topological polar surface area (TPSA) is 41.1 Å². The Morgan fingerprint density at radius 2 is 1.95 bits per heavy atom. The molecule has 1 saturated heterocycles. The van der Waals surface area contributed by atoms with Gasteiger partial charge in [0.1, 0.15) is 0 Å². The quantitative estimate of drug-likeness (QED) is 0.895. The second kappa shape index (κ2) is 6.92. The van der Waals surface area contributed by atoms with Crippen molar-refractivity contribution >= 4 is 29.1 Å². The highest BCUT2D eigenvalue weighted by atomic mass is 35.5. The molecule has 0 spiro atoms. The largest absolute Gasteiger partial charge is 0.349 e. The number of halogens is 1. The zero-order chi connectivity index (χ0) is 13.9. The molecule has 21 heavy (non-hydrogen) atoms. The fraction of sp³-hybridized carbons (Fsp3) is 0.353. The summed E-state index contributed by atoms with van der Waals surface area (Å²) in [6, 6.07) is 14.3. The number of nitrogens with one attached hydrogen (secondary N) is 2. The number of hydrogen-bond donors (Lipinski definition) is 2. The molecular formula is C17H21ClN2O. The maximum absolute atomic E-state index is 12.4. The van der Waals surface area contributed by atoms with Gasteiger partial charge in [0, 0.05) is 11.6 Å². The summed E-state index contributed by atoms with van der Waals surface area (Å²) < 4.78 is 0. The zero-order valence-corrected chi connectivity index (χ0v) is 13.0. The number of benzene rings is 2. The monoisotopic (exact) mass is 304 g/mol. The van der Waals surface area contributed by atoms with Crippen LogP contribution in [0.2, 0.25) is 0 Å². The van der Waals surface area contributed by atoms with Crippen LogP contribution in [0.25, 0.3) is 10.8 Å². The van der Waals surface area contributed by atoms with Gasteiger partial charge in [-0.2, -0.15) is 0 Å². The van der Waals surface area contributed by atoms with Gasteiger partial charge < -0.3 is 10.6 Å². The second-order valence-electron chi connectivity index (χ2n) is 5.61. The summed E-state index contributed by atoms with van der Waals surface area (Å²) in [6.45, 7) is 4.13. The Morgan fingerprint density at radius 3 is 2.71 bits per heavy atom. The first kappa shape index (κ1) is 15.8. The van der Waals surface area contributed by atoms with Crippen molar-refractivity contribution in [3.8, 4) is 0 Å². The standard InChI is InChI=1S/C17H20N2O.ClH/c1-12-11-18-9-8-16(12)19-17(20)15-7-6-13-4-2-3-5-14(13)10-15;/h2-7,10,12,16,18H,8-9,11H2,1H3,(H,19,20);1H. The number of amides is 1. The highest BCUT2D eigenvalue weighted by Gasteiger charge is 2.22. The van der Waals surface area contributed by atoms with Crippen LogP contribution >= 0.6 is 12.4 Å². The number of carbonyl (C=O) groups is 1. The lowest BCUT2D eigenvalue weighted by Gasteiger charge is -2.30. The fourth-order valence-corrected chi connectivity index (χ4v) is 2.81. The number of piperidine rings is 1. The van der Waals surface area contributed by atoms with E-state index in [9.17, 15) is 4.79 Å². The smallest absolute Gasteiger partial charge is 0.251 e. The third kappa shape index (κ3) is 3.55. The van der Waals surface area contributed by atoms with E-state index < -0.39 is 0 Å². The minimum atomic E-state index is 0. The van der Waals surface area contributed by atoms with E-state index in [-0.39, 0.29) is 24.4 Å². The molecule has 4 heteroatoms. The summed E-state index contributed by atoms with van der Waals surface area (Å²) in [4.78, 5) is 12.4. The molecule has 1 amide bonds. The second-order valence-corrected chi connectivity index (χ2v) is 5.61. The lowest BCUT2D eigenvalue weighted by Crippen LogP contribution is -2.48. The average molecular weight is 305 g/mol. The normalized spacial score (nSPS) is 21.6. The maximum atomic E-state index is 12.4. The van der Waals surface area contributed by atoms with Gasteiger partial charge in [-0.3, -0.25) is 4.79 Å². The Morgan fingerprint density at radius 1 is 1.19 bits per heavy atom. The van der Waals surface area contributed by atoms with Gasteiger partial charge in [0.05, 0.1) is 0 Å². The summed E-state index contributed by atoms with van der Waals surface area (Å²) in [5, 5.41) is 8.80. The van der Waals surface area contributed by atoms with Crippen molar-refractivity contribution in [2.45, 2.75) is 19.4 Å². The van der Waals surface area contributed by atoms with Gasteiger partial charge in [-0.15, -0.1) is 12.4 Å². The molecule has 1 heterocycles. The number of fused-ring (bicyclic) bond motifs is 1. The molecule has 3 rings (SSSR count). The lowest BCUT2D eigenvalue weighted by molar-refractivity contribution is 0.0914. The van der Waals surface area contributed by atoms with E-state index in [0.29, 0.717) is 5.92 Å². The first-order chi connectivity index (χ1) is 9.74. The van der Waals surface area contributed by atoms with E-state index in [2.05, 4.69) is 23.6 Å². The van der Waals surface area contributed by atoms with Crippen molar-refractivity contribution in [2.24, 2.45) is 5.92 Å². The number of hydrogen-bond acceptors (Lipinski definition) is 2. The van der Waals surface area contributed by atoms with Crippen molar-refractivity contribution in [3.05, 3.63) is 48.0 Å². The molecule has 3 nitrogen and oxygen atoms in total. The van der Waals surface area contributed by atoms with Crippen molar-refractivity contribution in [3.63, 3.8) is 0 Å². The van der Waals surface area contributed by atoms with Crippen LogP contribution in [-0.2, 0) is 0 Å².